The van der Waals surface area contributed by atoms with E-state index in [0.717, 1.165) is 22.5 Å². The molecule has 0 bridgehead atoms. The van der Waals surface area contributed by atoms with Crippen LogP contribution in [0.25, 0.3) is 11.4 Å². The van der Waals surface area contributed by atoms with E-state index in [-0.39, 0.29) is 0 Å². The largest absolute Gasteiger partial charge is 0.410 e. The van der Waals surface area contributed by atoms with Crippen molar-refractivity contribution >= 4 is 5.71 Å². The van der Waals surface area contributed by atoms with Crippen molar-refractivity contribution in [2.75, 3.05) is 0 Å². The predicted octanol–water partition coefficient (Wildman–Crippen LogP) is 3.30. The zero-order valence-corrected chi connectivity index (χ0v) is 10.7. The molecule has 0 saturated carbocycles. The molecular formula is C16H13N3O. The first-order valence-electron chi connectivity index (χ1n) is 6.27. The fourth-order valence-corrected chi connectivity index (χ4v) is 2.17. The zero-order chi connectivity index (χ0) is 13.8. The highest BCUT2D eigenvalue weighted by atomic mass is 16.4. The van der Waals surface area contributed by atoms with Gasteiger partial charge in [-0.3, -0.25) is 0 Å². The summed E-state index contributed by atoms with van der Waals surface area (Å²) in [5.74, 6) is 0.748. The maximum atomic E-state index is 9.41. The van der Waals surface area contributed by atoms with Gasteiger partial charge in [0.1, 0.15) is 11.5 Å². The number of nitrogens with zero attached hydrogens (tertiary/aromatic N) is 2. The van der Waals surface area contributed by atoms with E-state index in [1.807, 2.05) is 54.6 Å². The van der Waals surface area contributed by atoms with Gasteiger partial charge < -0.3 is 10.2 Å². The van der Waals surface area contributed by atoms with Gasteiger partial charge in [0.2, 0.25) is 0 Å². The molecule has 20 heavy (non-hydrogen) atoms. The quantitative estimate of drug-likeness (QED) is 0.432. The van der Waals surface area contributed by atoms with Crippen molar-refractivity contribution in [3.63, 3.8) is 0 Å². The minimum Gasteiger partial charge on any atom is -0.410 e. The predicted molar refractivity (Wildman–Crippen MR) is 77.9 cm³/mol. The third-order valence-corrected chi connectivity index (χ3v) is 3.08. The molecule has 4 heteroatoms. The molecule has 0 radical (unpaired) electrons. The fraction of sp³-hybridized carbons (Fsp3) is 0. The van der Waals surface area contributed by atoms with E-state index in [1.54, 1.807) is 12.4 Å². The maximum Gasteiger partial charge on any atom is 0.137 e. The minimum atomic E-state index is 0.526. The molecular weight excluding hydrogens is 250 g/mol. The van der Waals surface area contributed by atoms with Crippen molar-refractivity contribution in [3.05, 3.63) is 78.1 Å². The van der Waals surface area contributed by atoms with Gasteiger partial charge in [0.05, 0.1) is 0 Å². The van der Waals surface area contributed by atoms with Crippen LogP contribution in [0.1, 0.15) is 11.1 Å². The lowest BCUT2D eigenvalue weighted by molar-refractivity contribution is 0.319. The van der Waals surface area contributed by atoms with Crippen LogP contribution in [-0.2, 0) is 0 Å². The molecule has 98 valence electrons. The van der Waals surface area contributed by atoms with E-state index in [2.05, 4.69) is 15.1 Å². The number of oxime groups is 1. The summed E-state index contributed by atoms with van der Waals surface area (Å²) in [5.41, 5.74) is 3.11. The Kier molecular flexibility index (Phi) is 3.29. The zero-order valence-electron chi connectivity index (χ0n) is 10.7. The molecule has 0 aliphatic rings. The highest BCUT2D eigenvalue weighted by Gasteiger charge is 2.14. The summed E-state index contributed by atoms with van der Waals surface area (Å²) in [4.78, 5) is 7.34. The monoisotopic (exact) mass is 263 g/mol. The molecule has 0 atom stereocenters. The number of hydrogen-bond donors (Lipinski definition) is 2. The Morgan fingerprint density at radius 3 is 2.45 bits per heavy atom. The lowest BCUT2D eigenvalue weighted by atomic mass is 9.97. The van der Waals surface area contributed by atoms with Gasteiger partial charge in [0.15, 0.2) is 0 Å². The SMILES string of the molecule is O/N=C(/c1ccccc1)c1ccccc1-c1ncc[nH]1. The third kappa shape index (κ3) is 2.19. The highest BCUT2D eigenvalue weighted by molar-refractivity contribution is 6.15. The Bertz CT molecular complexity index is 718. The van der Waals surface area contributed by atoms with E-state index in [9.17, 15) is 5.21 Å². The average molecular weight is 263 g/mol. The van der Waals surface area contributed by atoms with E-state index in [0.29, 0.717) is 5.71 Å². The van der Waals surface area contributed by atoms with Crippen molar-refractivity contribution in [2.24, 2.45) is 5.16 Å². The van der Waals surface area contributed by atoms with Crippen molar-refractivity contribution in [1.29, 1.82) is 0 Å². The van der Waals surface area contributed by atoms with Crippen LogP contribution in [0.3, 0.4) is 0 Å². The summed E-state index contributed by atoms with van der Waals surface area (Å²) in [6, 6.07) is 17.3. The van der Waals surface area contributed by atoms with Crippen LogP contribution in [0.15, 0.2) is 72.1 Å². The molecule has 4 nitrogen and oxygen atoms in total. The number of nitrogens with one attached hydrogen (secondary N) is 1. The molecule has 2 aromatic carbocycles. The Balaban J connectivity index is 2.15. The molecule has 1 aromatic heterocycles. The number of aromatic amines is 1. The summed E-state index contributed by atoms with van der Waals surface area (Å²) in [6.45, 7) is 0. The number of rotatable bonds is 3. The minimum absolute atomic E-state index is 0.526. The van der Waals surface area contributed by atoms with Crippen LogP contribution in [0, 0.1) is 0 Å². The van der Waals surface area contributed by atoms with E-state index < -0.39 is 0 Å². The lowest BCUT2D eigenvalue weighted by Crippen LogP contribution is -2.05. The molecule has 3 rings (SSSR count). The average Bonchev–Trinajstić information content (AvgIpc) is 3.04. The van der Waals surface area contributed by atoms with E-state index in [4.69, 9.17) is 0 Å². The number of aromatic nitrogens is 2. The Morgan fingerprint density at radius 2 is 1.75 bits per heavy atom. The van der Waals surface area contributed by atoms with Crippen molar-refractivity contribution in [3.8, 4) is 11.4 Å². The normalized spacial score (nSPS) is 11.5. The second-order valence-electron chi connectivity index (χ2n) is 4.30. The van der Waals surface area contributed by atoms with Gasteiger partial charge in [0.25, 0.3) is 0 Å². The molecule has 0 aliphatic heterocycles. The first kappa shape index (κ1) is 12.2. The summed E-state index contributed by atoms with van der Waals surface area (Å²) in [5, 5.41) is 12.9. The van der Waals surface area contributed by atoms with Crippen molar-refractivity contribution in [2.45, 2.75) is 0 Å². The molecule has 0 saturated heterocycles. The molecule has 0 fully saturated rings. The van der Waals surface area contributed by atoms with E-state index in [1.165, 1.54) is 0 Å². The summed E-state index contributed by atoms with van der Waals surface area (Å²) >= 11 is 0. The molecule has 0 unspecified atom stereocenters. The lowest BCUT2D eigenvalue weighted by Gasteiger charge is -2.09. The van der Waals surface area contributed by atoms with Gasteiger partial charge in [-0.25, -0.2) is 4.98 Å². The van der Waals surface area contributed by atoms with Gasteiger partial charge in [-0.15, -0.1) is 0 Å². The molecule has 0 amide bonds. The smallest absolute Gasteiger partial charge is 0.137 e. The van der Waals surface area contributed by atoms with Gasteiger partial charge >= 0.3 is 0 Å². The number of H-pyrrole nitrogens is 1. The van der Waals surface area contributed by atoms with Gasteiger partial charge in [-0.2, -0.15) is 0 Å². The van der Waals surface area contributed by atoms with Crippen LogP contribution >= 0.6 is 0 Å². The van der Waals surface area contributed by atoms with Crippen LogP contribution in [0.2, 0.25) is 0 Å². The van der Waals surface area contributed by atoms with Crippen LogP contribution in [0.4, 0.5) is 0 Å². The van der Waals surface area contributed by atoms with Crippen LogP contribution < -0.4 is 0 Å². The summed E-state index contributed by atoms with van der Waals surface area (Å²) < 4.78 is 0. The number of imidazole rings is 1. The Hall–Kier alpha value is -2.88. The number of benzene rings is 2. The Labute approximate surface area is 116 Å². The van der Waals surface area contributed by atoms with Crippen LogP contribution in [-0.4, -0.2) is 20.9 Å². The van der Waals surface area contributed by atoms with Crippen molar-refractivity contribution in [1.82, 2.24) is 9.97 Å². The van der Waals surface area contributed by atoms with Crippen molar-refractivity contribution < 1.29 is 5.21 Å². The summed E-state index contributed by atoms with van der Waals surface area (Å²) in [7, 11) is 0. The standard InChI is InChI=1S/C16H13N3O/c20-19-15(12-6-2-1-3-7-12)13-8-4-5-9-14(13)16-17-10-11-18-16/h1-11,20H,(H,17,18)/b19-15-. The molecule has 3 aromatic rings. The highest BCUT2D eigenvalue weighted by Crippen LogP contribution is 2.23. The van der Waals surface area contributed by atoms with Gasteiger partial charge in [-0.1, -0.05) is 59.8 Å². The molecule has 1 heterocycles. The van der Waals surface area contributed by atoms with Gasteiger partial charge in [-0.05, 0) is 0 Å². The number of hydrogen-bond acceptors (Lipinski definition) is 3. The first-order chi connectivity index (χ1) is 9.90. The summed E-state index contributed by atoms with van der Waals surface area (Å²) in [6.07, 6.45) is 3.47. The second kappa shape index (κ2) is 5.40. The van der Waals surface area contributed by atoms with Gasteiger partial charge in [0, 0.05) is 29.1 Å². The topological polar surface area (TPSA) is 61.3 Å². The molecule has 0 aliphatic carbocycles. The van der Waals surface area contributed by atoms with E-state index >= 15 is 0 Å². The second-order valence-corrected chi connectivity index (χ2v) is 4.30. The third-order valence-electron chi connectivity index (χ3n) is 3.08. The maximum absolute atomic E-state index is 9.41. The fourth-order valence-electron chi connectivity index (χ4n) is 2.17. The molecule has 2 N–H and O–H groups in total. The molecule has 0 spiro atoms. The Morgan fingerprint density at radius 1 is 1.00 bits per heavy atom. The first-order valence-corrected chi connectivity index (χ1v) is 6.27. The van der Waals surface area contributed by atoms with Crippen LogP contribution in [0.5, 0.6) is 0 Å².